The van der Waals surface area contributed by atoms with E-state index in [9.17, 15) is 8.42 Å². The van der Waals surface area contributed by atoms with Crippen molar-refractivity contribution in [3.8, 4) is 0 Å². The van der Waals surface area contributed by atoms with E-state index in [1.807, 2.05) is 0 Å². The molecular weight excluding hydrogens is 214 g/mol. The van der Waals surface area contributed by atoms with E-state index in [-0.39, 0.29) is 11.5 Å². The first kappa shape index (κ1) is 10.4. The van der Waals surface area contributed by atoms with Crippen molar-refractivity contribution >= 4 is 15.5 Å². The van der Waals surface area contributed by atoms with Crippen molar-refractivity contribution in [3.05, 3.63) is 24.3 Å². The third-order valence-electron chi connectivity index (χ3n) is 2.51. The lowest BCUT2D eigenvalue weighted by atomic mass is 10.3. The van der Waals surface area contributed by atoms with Gasteiger partial charge in [-0.3, -0.25) is 0 Å². The second-order valence-electron chi connectivity index (χ2n) is 3.60. The lowest BCUT2D eigenvalue weighted by molar-refractivity contribution is 0.198. The average molecular weight is 227 g/mol. The normalized spacial score (nSPS) is 21.7. The van der Waals surface area contributed by atoms with Crippen molar-refractivity contribution in [2.24, 2.45) is 0 Å². The fourth-order valence-corrected chi connectivity index (χ4v) is 3.28. The molecule has 0 aromatic heterocycles. The zero-order chi connectivity index (χ0) is 10.9. The Balaban J connectivity index is 2.36. The molecule has 1 fully saturated rings. The third-order valence-corrected chi connectivity index (χ3v) is 4.67. The van der Waals surface area contributed by atoms with Crippen LogP contribution in [0.4, 0.5) is 5.69 Å². The minimum absolute atomic E-state index is 0.289. The summed E-state index contributed by atoms with van der Waals surface area (Å²) in [5.74, 6) is 0. The van der Waals surface area contributed by atoms with Gasteiger partial charge in [-0.15, -0.1) is 0 Å². The molecular formula is C10H13NO3S. The summed E-state index contributed by atoms with van der Waals surface area (Å²) >= 11 is 0. The highest BCUT2D eigenvalue weighted by Gasteiger charge is 2.30. The van der Waals surface area contributed by atoms with Gasteiger partial charge in [-0.05, 0) is 24.6 Å². The van der Waals surface area contributed by atoms with Crippen molar-refractivity contribution in [3.63, 3.8) is 0 Å². The number of nitrogen functional groups attached to an aromatic ring is 1. The van der Waals surface area contributed by atoms with Crippen LogP contribution in [0.5, 0.6) is 0 Å². The van der Waals surface area contributed by atoms with Gasteiger partial charge in [0.05, 0.1) is 16.8 Å². The SMILES string of the molecule is Nc1cccc(S(=O)(=O)C2CCOC2)c1. The second-order valence-corrected chi connectivity index (χ2v) is 5.83. The Kier molecular flexibility index (Phi) is 2.67. The first-order chi connectivity index (χ1) is 7.10. The van der Waals surface area contributed by atoms with Crippen LogP contribution in [-0.2, 0) is 14.6 Å². The number of nitrogens with two attached hydrogens (primary N) is 1. The molecule has 0 saturated carbocycles. The largest absolute Gasteiger partial charge is 0.399 e. The van der Waals surface area contributed by atoms with E-state index in [0.29, 0.717) is 18.7 Å². The van der Waals surface area contributed by atoms with Crippen LogP contribution in [0.15, 0.2) is 29.2 Å². The highest BCUT2D eigenvalue weighted by atomic mass is 32.2. The summed E-state index contributed by atoms with van der Waals surface area (Å²) in [5, 5.41) is -0.417. The summed E-state index contributed by atoms with van der Waals surface area (Å²) in [7, 11) is -3.27. The lowest BCUT2D eigenvalue weighted by Crippen LogP contribution is -2.21. The van der Waals surface area contributed by atoms with Gasteiger partial charge in [0.25, 0.3) is 0 Å². The third kappa shape index (κ3) is 1.98. The van der Waals surface area contributed by atoms with Crippen molar-refractivity contribution in [1.82, 2.24) is 0 Å². The van der Waals surface area contributed by atoms with E-state index >= 15 is 0 Å². The minimum atomic E-state index is -3.27. The molecule has 1 aromatic rings. The van der Waals surface area contributed by atoms with E-state index in [1.165, 1.54) is 6.07 Å². The predicted molar refractivity (Wildman–Crippen MR) is 57.3 cm³/mol. The summed E-state index contributed by atoms with van der Waals surface area (Å²) in [6.45, 7) is 0.809. The maximum Gasteiger partial charge on any atom is 0.183 e. The van der Waals surface area contributed by atoms with E-state index in [0.717, 1.165) is 0 Å². The van der Waals surface area contributed by atoms with Crippen LogP contribution in [0.1, 0.15) is 6.42 Å². The van der Waals surface area contributed by atoms with Crippen LogP contribution < -0.4 is 5.73 Å². The van der Waals surface area contributed by atoms with Gasteiger partial charge >= 0.3 is 0 Å². The second kappa shape index (κ2) is 3.83. The van der Waals surface area contributed by atoms with Crippen molar-refractivity contribution in [1.29, 1.82) is 0 Å². The number of hydrogen-bond donors (Lipinski definition) is 1. The molecule has 0 radical (unpaired) electrons. The highest BCUT2D eigenvalue weighted by Crippen LogP contribution is 2.23. The first-order valence-corrected chi connectivity index (χ1v) is 6.32. The Hall–Kier alpha value is -1.07. The molecule has 5 heteroatoms. The van der Waals surface area contributed by atoms with E-state index < -0.39 is 15.1 Å². The molecule has 0 bridgehead atoms. The molecule has 4 nitrogen and oxygen atoms in total. The number of sulfone groups is 1. The summed E-state index contributed by atoms with van der Waals surface area (Å²) in [6, 6.07) is 6.39. The minimum Gasteiger partial charge on any atom is -0.399 e. The van der Waals surface area contributed by atoms with Gasteiger partial charge in [-0.2, -0.15) is 0 Å². The molecule has 1 aliphatic heterocycles. The van der Waals surface area contributed by atoms with Crippen LogP contribution >= 0.6 is 0 Å². The molecule has 1 aromatic carbocycles. The van der Waals surface area contributed by atoms with Crippen LogP contribution in [0.2, 0.25) is 0 Å². The van der Waals surface area contributed by atoms with Crippen molar-refractivity contribution in [2.45, 2.75) is 16.6 Å². The zero-order valence-electron chi connectivity index (χ0n) is 8.22. The molecule has 1 aliphatic rings. The first-order valence-electron chi connectivity index (χ1n) is 4.78. The number of rotatable bonds is 2. The van der Waals surface area contributed by atoms with Crippen LogP contribution in [-0.4, -0.2) is 26.9 Å². The van der Waals surface area contributed by atoms with E-state index in [4.69, 9.17) is 10.5 Å². The molecule has 1 atom stereocenters. The number of ether oxygens (including phenoxy) is 1. The van der Waals surface area contributed by atoms with Crippen LogP contribution in [0, 0.1) is 0 Å². The molecule has 2 N–H and O–H groups in total. The lowest BCUT2D eigenvalue weighted by Gasteiger charge is -2.09. The molecule has 0 amide bonds. The molecule has 2 rings (SSSR count). The van der Waals surface area contributed by atoms with Gasteiger partial charge < -0.3 is 10.5 Å². The highest BCUT2D eigenvalue weighted by molar-refractivity contribution is 7.92. The molecule has 0 aliphatic carbocycles. The topological polar surface area (TPSA) is 69.4 Å². The Morgan fingerprint density at radius 3 is 2.80 bits per heavy atom. The van der Waals surface area contributed by atoms with Gasteiger partial charge in [0, 0.05) is 12.3 Å². The average Bonchev–Trinajstić information content (AvgIpc) is 2.71. The number of benzene rings is 1. The predicted octanol–water partition coefficient (Wildman–Crippen LogP) is 0.831. The molecule has 1 unspecified atom stereocenters. The summed E-state index contributed by atoms with van der Waals surface area (Å²) in [4.78, 5) is 0.290. The van der Waals surface area contributed by atoms with E-state index in [2.05, 4.69) is 0 Å². The van der Waals surface area contributed by atoms with Crippen molar-refractivity contribution in [2.75, 3.05) is 18.9 Å². The summed E-state index contributed by atoms with van der Waals surface area (Å²) in [6.07, 6.45) is 0.567. The molecule has 1 heterocycles. The zero-order valence-corrected chi connectivity index (χ0v) is 9.03. The van der Waals surface area contributed by atoms with Crippen LogP contribution in [0.25, 0.3) is 0 Å². The molecule has 15 heavy (non-hydrogen) atoms. The van der Waals surface area contributed by atoms with Gasteiger partial charge in [-0.1, -0.05) is 6.07 Å². The van der Waals surface area contributed by atoms with Crippen LogP contribution in [0.3, 0.4) is 0 Å². The van der Waals surface area contributed by atoms with Gasteiger partial charge in [0.2, 0.25) is 0 Å². The Bertz CT molecular complexity index is 449. The van der Waals surface area contributed by atoms with Gasteiger partial charge in [-0.25, -0.2) is 8.42 Å². The Morgan fingerprint density at radius 2 is 2.20 bits per heavy atom. The number of anilines is 1. The van der Waals surface area contributed by atoms with E-state index in [1.54, 1.807) is 18.2 Å². The molecule has 0 spiro atoms. The summed E-state index contributed by atoms with van der Waals surface area (Å²) < 4.78 is 29.2. The summed E-state index contributed by atoms with van der Waals surface area (Å²) in [5.41, 5.74) is 6.03. The Morgan fingerprint density at radius 1 is 1.40 bits per heavy atom. The molecule has 82 valence electrons. The fraction of sp³-hybridized carbons (Fsp3) is 0.400. The number of hydrogen-bond acceptors (Lipinski definition) is 4. The fourth-order valence-electron chi connectivity index (χ4n) is 1.64. The van der Waals surface area contributed by atoms with Gasteiger partial charge in [0.1, 0.15) is 0 Å². The standard InChI is InChI=1S/C10H13NO3S/c11-8-2-1-3-9(6-8)15(12,13)10-4-5-14-7-10/h1-3,6,10H,4-5,7,11H2. The van der Waals surface area contributed by atoms with Gasteiger partial charge in [0.15, 0.2) is 9.84 Å². The Labute approximate surface area is 89.0 Å². The quantitative estimate of drug-likeness (QED) is 0.760. The smallest absolute Gasteiger partial charge is 0.183 e. The maximum absolute atomic E-state index is 12.1. The van der Waals surface area contributed by atoms with Crippen molar-refractivity contribution < 1.29 is 13.2 Å². The maximum atomic E-state index is 12.1. The molecule has 1 saturated heterocycles. The monoisotopic (exact) mass is 227 g/mol.